The SMILES string of the molecule is CC(C)C(Cl)=C[O]. The van der Waals surface area contributed by atoms with Crippen molar-refractivity contribution in [2.45, 2.75) is 13.8 Å². The van der Waals surface area contributed by atoms with Crippen LogP contribution in [-0.2, 0) is 5.11 Å². The summed E-state index contributed by atoms with van der Waals surface area (Å²) >= 11 is 5.35. The van der Waals surface area contributed by atoms with Crippen molar-refractivity contribution >= 4 is 11.6 Å². The first kappa shape index (κ1) is 6.83. The summed E-state index contributed by atoms with van der Waals surface area (Å²) in [5.41, 5.74) is 0. The smallest absolute Gasteiger partial charge is 0.157 e. The van der Waals surface area contributed by atoms with Gasteiger partial charge in [-0.3, -0.25) is 5.11 Å². The Labute approximate surface area is 48.6 Å². The van der Waals surface area contributed by atoms with Crippen LogP contribution in [0.25, 0.3) is 0 Å². The highest BCUT2D eigenvalue weighted by Gasteiger charge is 1.96. The second-order valence-electron chi connectivity index (χ2n) is 1.66. The number of rotatable bonds is 1. The van der Waals surface area contributed by atoms with Crippen molar-refractivity contribution in [2.24, 2.45) is 5.92 Å². The molecule has 7 heavy (non-hydrogen) atoms. The maximum absolute atomic E-state index is 9.78. The zero-order valence-electron chi connectivity index (χ0n) is 4.44. The molecule has 0 aromatic carbocycles. The maximum Gasteiger partial charge on any atom is 0.157 e. The Hall–Kier alpha value is -0.170. The zero-order valence-corrected chi connectivity index (χ0v) is 5.20. The Bertz CT molecular complexity index is 76.1. The van der Waals surface area contributed by atoms with Gasteiger partial charge in [0.2, 0.25) is 0 Å². The minimum absolute atomic E-state index is 0.180. The Morgan fingerprint density at radius 1 is 1.71 bits per heavy atom. The molecule has 2 heteroatoms. The molecule has 0 fully saturated rings. The van der Waals surface area contributed by atoms with E-state index in [0.29, 0.717) is 11.3 Å². The fraction of sp³-hybridized carbons (Fsp3) is 0.600. The van der Waals surface area contributed by atoms with E-state index in [4.69, 9.17) is 11.6 Å². The first-order valence-corrected chi connectivity index (χ1v) is 2.53. The third-order valence-electron chi connectivity index (χ3n) is 0.664. The van der Waals surface area contributed by atoms with Crippen LogP contribution >= 0.6 is 11.6 Å². The molecule has 1 radical (unpaired) electrons. The minimum Gasteiger partial charge on any atom is -0.297 e. The van der Waals surface area contributed by atoms with E-state index in [-0.39, 0.29) is 5.92 Å². The molecule has 0 saturated heterocycles. The predicted octanol–water partition coefficient (Wildman–Crippen LogP) is 2.15. The van der Waals surface area contributed by atoms with Crippen molar-refractivity contribution in [1.82, 2.24) is 0 Å². The van der Waals surface area contributed by atoms with Gasteiger partial charge in [-0.2, -0.15) is 0 Å². The van der Waals surface area contributed by atoms with Crippen molar-refractivity contribution in [1.29, 1.82) is 0 Å². The van der Waals surface area contributed by atoms with Crippen LogP contribution in [0.4, 0.5) is 0 Å². The monoisotopic (exact) mass is 119 g/mol. The van der Waals surface area contributed by atoms with Gasteiger partial charge < -0.3 is 0 Å². The molecule has 0 unspecified atom stereocenters. The minimum atomic E-state index is 0.180. The Morgan fingerprint density at radius 2 is 2.14 bits per heavy atom. The summed E-state index contributed by atoms with van der Waals surface area (Å²) in [7, 11) is 0. The maximum atomic E-state index is 9.78. The molecule has 0 N–H and O–H groups in total. The average molecular weight is 120 g/mol. The number of hydrogen-bond acceptors (Lipinski definition) is 0. The van der Waals surface area contributed by atoms with Crippen LogP contribution in [0.15, 0.2) is 11.3 Å². The molecule has 0 bridgehead atoms. The summed E-state index contributed by atoms with van der Waals surface area (Å²) in [4.78, 5) is 0. The molecule has 0 aromatic heterocycles. The van der Waals surface area contributed by atoms with Crippen molar-refractivity contribution in [3.63, 3.8) is 0 Å². The molecule has 0 spiro atoms. The molecule has 0 rings (SSSR count). The van der Waals surface area contributed by atoms with Crippen molar-refractivity contribution in [3.05, 3.63) is 11.3 Å². The van der Waals surface area contributed by atoms with E-state index in [9.17, 15) is 5.11 Å². The van der Waals surface area contributed by atoms with E-state index in [0.717, 1.165) is 0 Å². The lowest BCUT2D eigenvalue weighted by atomic mass is 10.2. The van der Waals surface area contributed by atoms with Gasteiger partial charge in [-0.1, -0.05) is 25.4 Å². The molecule has 0 aliphatic carbocycles. The first-order valence-electron chi connectivity index (χ1n) is 2.16. The fourth-order valence-electron chi connectivity index (χ4n) is 0.136. The van der Waals surface area contributed by atoms with E-state index in [2.05, 4.69) is 0 Å². The quantitative estimate of drug-likeness (QED) is 0.472. The molecule has 0 saturated carbocycles. The van der Waals surface area contributed by atoms with E-state index in [1.165, 1.54) is 0 Å². The van der Waals surface area contributed by atoms with E-state index >= 15 is 0 Å². The van der Waals surface area contributed by atoms with Crippen LogP contribution in [0.2, 0.25) is 0 Å². The zero-order chi connectivity index (χ0) is 5.86. The first-order chi connectivity index (χ1) is 3.18. The lowest BCUT2D eigenvalue weighted by molar-refractivity contribution is 0.346. The summed E-state index contributed by atoms with van der Waals surface area (Å²) in [5, 5.41) is 10.2. The molecule has 0 heterocycles. The molecule has 0 amide bonds. The number of allylic oxidation sites excluding steroid dienone is 1. The Morgan fingerprint density at radius 3 is 2.14 bits per heavy atom. The van der Waals surface area contributed by atoms with Crippen LogP contribution in [0.5, 0.6) is 0 Å². The molecular formula is C5H8ClO. The highest BCUT2D eigenvalue weighted by molar-refractivity contribution is 6.29. The van der Waals surface area contributed by atoms with Gasteiger partial charge in [0.1, 0.15) is 0 Å². The standard InChI is InChI=1S/C5H8ClO/c1-4(2)5(6)3-7/h3-4H,1-2H3. The van der Waals surface area contributed by atoms with E-state index < -0.39 is 0 Å². The van der Waals surface area contributed by atoms with Gasteiger partial charge in [-0.25, -0.2) is 0 Å². The lowest BCUT2D eigenvalue weighted by Gasteiger charge is -1.95. The second kappa shape index (κ2) is 2.92. The van der Waals surface area contributed by atoms with Crippen LogP contribution in [0, 0.1) is 5.92 Å². The van der Waals surface area contributed by atoms with Crippen molar-refractivity contribution in [2.75, 3.05) is 0 Å². The van der Waals surface area contributed by atoms with Gasteiger partial charge in [0.15, 0.2) is 6.26 Å². The highest BCUT2D eigenvalue weighted by atomic mass is 35.5. The van der Waals surface area contributed by atoms with Crippen LogP contribution in [-0.4, -0.2) is 0 Å². The molecule has 41 valence electrons. The Kier molecular flexibility index (Phi) is 2.84. The van der Waals surface area contributed by atoms with Gasteiger partial charge in [-0.05, 0) is 5.92 Å². The second-order valence-corrected chi connectivity index (χ2v) is 2.09. The van der Waals surface area contributed by atoms with Gasteiger partial charge in [0, 0.05) is 0 Å². The van der Waals surface area contributed by atoms with Gasteiger partial charge in [0.25, 0.3) is 0 Å². The Balaban J connectivity index is 3.56. The molecule has 1 nitrogen and oxygen atoms in total. The third-order valence-corrected chi connectivity index (χ3v) is 1.19. The third kappa shape index (κ3) is 2.52. The molecule has 0 aromatic rings. The number of halogens is 1. The summed E-state index contributed by atoms with van der Waals surface area (Å²) in [5.74, 6) is 0.180. The molecule has 0 aliphatic rings. The summed E-state index contributed by atoms with van der Waals surface area (Å²) in [6.07, 6.45) is 0.673. The van der Waals surface area contributed by atoms with Gasteiger partial charge >= 0.3 is 0 Å². The average Bonchev–Trinajstić information content (AvgIpc) is 1.65. The summed E-state index contributed by atoms with van der Waals surface area (Å²) < 4.78 is 0. The van der Waals surface area contributed by atoms with Crippen molar-refractivity contribution < 1.29 is 5.11 Å². The van der Waals surface area contributed by atoms with Crippen LogP contribution < -0.4 is 0 Å². The summed E-state index contributed by atoms with van der Waals surface area (Å²) in [6.45, 7) is 3.74. The largest absolute Gasteiger partial charge is 0.297 e. The highest BCUT2D eigenvalue weighted by Crippen LogP contribution is 2.11. The summed E-state index contributed by atoms with van der Waals surface area (Å²) in [6, 6.07) is 0. The fourth-order valence-corrected chi connectivity index (χ4v) is 0.136. The predicted molar refractivity (Wildman–Crippen MR) is 29.5 cm³/mol. The van der Waals surface area contributed by atoms with Gasteiger partial charge in [-0.15, -0.1) is 0 Å². The van der Waals surface area contributed by atoms with Crippen LogP contribution in [0.1, 0.15) is 13.8 Å². The molecule has 0 aliphatic heterocycles. The number of hydrogen-bond donors (Lipinski definition) is 0. The van der Waals surface area contributed by atoms with Gasteiger partial charge in [0.05, 0.1) is 5.03 Å². The van der Waals surface area contributed by atoms with Crippen molar-refractivity contribution in [3.8, 4) is 0 Å². The van der Waals surface area contributed by atoms with E-state index in [1.807, 2.05) is 13.8 Å². The molecule has 0 atom stereocenters. The molecular weight excluding hydrogens is 112 g/mol. The topological polar surface area (TPSA) is 19.9 Å². The van der Waals surface area contributed by atoms with Crippen LogP contribution in [0.3, 0.4) is 0 Å². The lowest BCUT2D eigenvalue weighted by Crippen LogP contribution is -1.83. The van der Waals surface area contributed by atoms with E-state index in [1.54, 1.807) is 0 Å². The normalized spacial score (nSPS) is 12.9.